The Hall–Kier alpha value is -2.67. The molecule has 0 bridgehead atoms. The van der Waals surface area contributed by atoms with E-state index in [0.29, 0.717) is 11.1 Å². The van der Waals surface area contributed by atoms with Crippen molar-refractivity contribution >= 4 is 21.8 Å². The highest BCUT2D eigenvalue weighted by Crippen LogP contribution is 2.47. The van der Waals surface area contributed by atoms with E-state index in [4.69, 9.17) is 9.47 Å². The quantitative estimate of drug-likeness (QED) is 0.520. The molecule has 0 N–H and O–H groups in total. The minimum absolute atomic E-state index is 0.000139. The molecular formula is C23H26O6S. The number of rotatable bonds is 5. The van der Waals surface area contributed by atoms with Gasteiger partial charge in [-0.15, -0.1) is 0 Å². The zero-order chi connectivity index (χ0) is 21.9. The number of benzene rings is 1. The van der Waals surface area contributed by atoms with E-state index in [9.17, 15) is 18.0 Å². The van der Waals surface area contributed by atoms with E-state index in [2.05, 4.69) is 6.58 Å². The molecule has 1 saturated carbocycles. The van der Waals surface area contributed by atoms with Crippen molar-refractivity contribution in [3.8, 4) is 0 Å². The summed E-state index contributed by atoms with van der Waals surface area (Å²) in [5, 5.41) is 0. The number of methoxy groups -OCH3 is 2. The molecule has 0 saturated heterocycles. The van der Waals surface area contributed by atoms with Gasteiger partial charge in [0.25, 0.3) is 0 Å². The number of carbonyl (C=O) groups is 2. The Bertz CT molecular complexity index is 1010. The van der Waals surface area contributed by atoms with Gasteiger partial charge in [0, 0.05) is 6.42 Å². The van der Waals surface area contributed by atoms with Gasteiger partial charge in [0.15, 0.2) is 5.41 Å². The summed E-state index contributed by atoms with van der Waals surface area (Å²) in [4.78, 5) is 25.5. The second kappa shape index (κ2) is 8.60. The van der Waals surface area contributed by atoms with E-state index < -0.39 is 27.2 Å². The molecule has 0 unspecified atom stereocenters. The Labute approximate surface area is 177 Å². The molecule has 0 aromatic heterocycles. The fraction of sp³-hybridized carbons (Fsp3) is 0.391. The summed E-state index contributed by atoms with van der Waals surface area (Å²) in [6, 6.07) is 7.99. The zero-order valence-electron chi connectivity index (χ0n) is 17.3. The Balaban J connectivity index is 2.25. The van der Waals surface area contributed by atoms with Gasteiger partial charge in [-0.1, -0.05) is 36.4 Å². The maximum absolute atomic E-state index is 13.6. The van der Waals surface area contributed by atoms with Crippen LogP contribution in [0.3, 0.4) is 0 Å². The number of allylic oxidation sites excluding steroid dienone is 5. The van der Waals surface area contributed by atoms with Crippen LogP contribution in [-0.2, 0) is 28.9 Å². The summed E-state index contributed by atoms with van der Waals surface area (Å²) in [6.07, 6.45) is 5.40. The molecule has 0 spiro atoms. The maximum atomic E-state index is 13.6. The normalized spacial score (nSPS) is 18.9. The van der Waals surface area contributed by atoms with Gasteiger partial charge in [-0.2, -0.15) is 0 Å². The summed E-state index contributed by atoms with van der Waals surface area (Å²) in [7, 11) is -1.65. The van der Waals surface area contributed by atoms with Crippen LogP contribution in [0.15, 0.2) is 69.5 Å². The minimum Gasteiger partial charge on any atom is -0.468 e. The predicted octanol–water partition coefficient (Wildman–Crippen LogP) is 3.90. The SMILES string of the molecule is C=C1CC(C(=O)OC)(C(=O)OC)CC(S(=O)(=O)c2ccccc2)=C1C=C1CCCC1. The van der Waals surface area contributed by atoms with E-state index >= 15 is 0 Å². The van der Waals surface area contributed by atoms with E-state index in [1.54, 1.807) is 18.2 Å². The average molecular weight is 431 g/mol. The maximum Gasteiger partial charge on any atom is 0.323 e. The van der Waals surface area contributed by atoms with E-state index in [0.717, 1.165) is 31.3 Å². The third-order valence-electron chi connectivity index (χ3n) is 5.78. The first-order chi connectivity index (χ1) is 14.3. The van der Waals surface area contributed by atoms with Gasteiger partial charge in [0.05, 0.1) is 24.0 Å². The van der Waals surface area contributed by atoms with Gasteiger partial charge >= 0.3 is 11.9 Å². The summed E-state index contributed by atoms with van der Waals surface area (Å²) in [6.45, 7) is 4.04. The van der Waals surface area contributed by atoms with Crippen LogP contribution in [0.5, 0.6) is 0 Å². The molecule has 2 aliphatic carbocycles. The summed E-state index contributed by atoms with van der Waals surface area (Å²) in [5.41, 5.74) is 0.260. The van der Waals surface area contributed by atoms with Gasteiger partial charge in [0.1, 0.15) is 0 Å². The number of ether oxygens (including phenoxy) is 2. The molecule has 3 rings (SSSR count). The number of carbonyl (C=O) groups excluding carboxylic acids is 2. The van der Waals surface area contributed by atoms with E-state index in [1.807, 2.05) is 6.08 Å². The number of esters is 2. The molecule has 2 aliphatic rings. The third kappa shape index (κ3) is 3.86. The van der Waals surface area contributed by atoms with Crippen molar-refractivity contribution in [3.05, 3.63) is 64.6 Å². The van der Waals surface area contributed by atoms with Crippen LogP contribution in [0.25, 0.3) is 0 Å². The molecule has 1 fully saturated rings. The summed E-state index contributed by atoms with van der Waals surface area (Å²) < 4.78 is 37.0. The van der Waals surface area contributed by atoms with Crippen molar-refractivity contribution in [2.24, 2.45) is 5.41 Å². The predicted molar refractivity (Wildman–Crippen MR) is 112 cm³/mol. The van der Waals surface area contributed by atoms with E-state index in [1.165, 1.54) is 26.4 Å². The first-order valence-corrected chi connectivity index (χ1v) is 11.3. The van der Waals surface area contributed by atoms with Gasteiger partial charge in [0.2, 0.25) is 9.84 Å². The molecule has 1 aromatic carbocycles. The highest BCUT2D eigenvalue weighted by atomic mass is 32.2. The molecule has 0 amide bonds. The molecule has 7 heteroatoms. The zero-order valence-corrected chi connectivity index (χ0v) is 18.1. The van der Waals surface area contributed by atoms with Gasteiger partial charge in [-0.3, -0.25) is 9.59 Å². The minimum atomic E-state index is -3.98. The van der Waals surface area contributed by atoms with Gasteiger partial charge < -0.3 is 9.47 Å². The summed E-state index contributed by atoms with van der Waals surface area (Å²) >= 11 is 0. The largest absolute Gasteiger partial charge is 0.468 e. The fourth-order valence-electron chi connectivity index (χ4n) is 4.19. The van der Waals surface area contributed by atoms with Crippen LogP contribution < -0.4 is 0 Å². The molecule has 0 atom stereocenters. The number of hydrogen-bond acceptors (Lipinski definition) is 6. The van der Waals surface area contributed by atoms with Crippen LogP contribution in [0, 0.1) is 5.41 Å². The monoisotopic (exact) mass is 430 g/mol. The standard InChI is InChI=1S/C23H26O6S/c1-16-14-23(21(24)28-2,22(25)29-3)15-20(19(16)13-17-9-7-8-10-17)30(26,27)18-11-5-4-6-12-18/h4-6,11-13H,1,7-10,14-15H2,2-3H3. The van der Waals surface area contributed by atoms with Crippen molar-refractivity contribution in [1.29, 1.82) is 0 Å². The Kier molecular flexibility index (Phi) is 6.31. The molecule has 0 radical (unpaired) electrons. The highest BCUT2D eigenvalue weighted by molar-refractivity contribution is 7.95. The van der Waals surface area contributed by atoms with Crippen molar-refractivity contribution in [2.75, 3.05) is 14.2 Å². The van der Waals surface area contributed by atoms with Crippen LogP contribution >= 0.6 is 0 Å². The van der Waals surface area contributed by atoms with Crippen LogP contribution in [0.2, 0.25) is 0 Å². The lowest BCUT2D eigenvalue weighted by molar-refractivity contribution is -0.169. The third-order valence-corrected chi connectivity index (χ3v) is 7.69. The van der Waals surface area contributed by atoms with Crippen LogP contribution in [0.4, 0.5) is 0 Å². The molecule has 1 aromatic rings. The van der Waals surface area contributed by atoms with Crippen molar-refractivity contribution in [1.82, 2.24) is 0 Å². The van der Waals surface area contributed by atoms with Gasteiger partial charge in [-0.25, -0.2) is 8.42 Å². The lowest BCUT2D eigenvalue weighted by Gasteiger charge is -2.35. The second-order valence-electron chi connectivity index (χ2n) is 7.69. The van der Waals surface area contributed by atoms with Crippen molar-refractivity contribution in [3.63, 3.8) is 0 Å². The Morgan fingerprint density at radius 3 is 2.10 bits per heavy atom. The topological polar surface area (TPSA) is 86.7 Å². The van der Waals surface area contributed by atoms with E-state index in [-0.39, 0.29) is 22.6 Å². The first-order valence-electron chi connectivity index (χ1n) is 9.84. The molecular weight excluding hydrogens is 404 g/mol. The Morgan fingerprint density at radius 1 is 1.00 bits per heavy atom. The fourth-order valence-corrected chi connectivity index (χ4v) is 5.92. The van der Waals surface area contributed by atoms with Crippen molar-refractivity contribution < 1.29 is 27.5 Å². The average Bonchev–Trinajstić information content (AvgIpc) is 3.27. The molecule has 160 valence electrons. The van der Waals surface area contributed by atoms with Gasteiger partial charge in [-0.05, 0) is 55.4 Å². The number of sulfone groups is 1. The first kappa shape index (κ1) is 22.0. The highest BCUT2D eigenvalue weighted by Gasteiger charge is 2.53. The molecule has 0 heterocycles. The smallest absolute Gasteiger partial charge is 0.323 e. The summed E-state index contributed by atoms with van der Waals surface area (Å²) in [5.74, 6) is -1.66. The molecule has 6 nitrogen and oxygen atoms in total. The molecule has 0 aliphatic heterocycles. The lowest BCUT2D eigenvalue weighted by atomic mass is 9.72. The van der Waals surface area contributed by atoms with Crippen LogP contribution in [0.1, 0.15) is 38.5 Å². The van der Waals surface area contributed by atoms with Crippen molar-refractivity contribution in [2.45, 2.75) is 43.4 Å². The Morgan fingerprint density at radius 2 is 1.57 bits per heavy atom. The van der Waals surface area contributed by atoms with Crippen LogP contribution in [-0.4, -0.2) is 34.6 Å². The molecule has 30 heavy (non-hydrogen) atoms. The number of hydrogen-bond donors (Lipinski definition) is 0. The lowest BCUT2D eigenvalue weighted by Crippen LogP contribution is -2.44. The second-order valence-corrected chi connectivity index (χ2v) is 9.66.